The van der Waals surface area contributed by atoms with Crippen molar-refractivity contribution in [2.24, 2.45) is 5.92 Å². The fourth-order valence-corrected chi connectivity index (χ4v) is 11.0. The lowest BCUT2D eigenvalue weighted by Crippen LogP contribution is -2.40. The Balaban J connectivity index is 1.06. The normalized spacial score (nSPS) is 15.5. The standard InChI is InChI=1S/C60H49N5/c1-38-37-59(2,3)55-45(29-18-30-50(55)60(38,4)5)41-23-16-25-43(33-41)64-51-31-14-12-27-46(51)48-35-49-47-28-13-15-32-52(47)65(54(49)36-53(48)64)44-26-17-24-42(34-44)58-62-56(39-19-8-6-9-20-39)61-57(63-58)40-21-10-7-11-22-40/h6-36,38H,37H2,1-5H3. The summed E-state index contributed by atoms with van der Waals surface area (Å²) in [6, 6.07) is 67.6. The summed E-state index contributed by atoms with van der Waals surface area (Å²) in [6.07, 6.45) is 1.16. The van der Waals surface area contributed by atoms with Crippen LogP contribution in [0.5, 0.6) is 0 Å². The summed E-state index contributed by atoms with van der Waals surface area (Å²) in [5, 5.41) is 4.89. The second kappa shape index (κ2) is 14.7. The smallest absolute Gasteiger partial charge is 0.164 e. The van der Waals surface area contributed by atoms with Crippen molar-refractivity contribution in [2.45, 2.75) is 51.9 Å². The first-order valence-electron chi connectivity index (χ1n) is 22.8. The SMILES string of the molecule is CC1CC(C)(C)c2c(-c3cccc(-n4c5ccccc5c5cc6c7ccccc7n(-c7cccc(-c8nc(-c9ccccc9)nc(-c9ccccc9)n8)c7)c6cc54)c3)cccc2C1(C)C. The Bertz CT molecular complexity index is 3590. The highest BCUT2D eigenvalue weighted by atomic mass is 15.0. The molecule has 3 heterocycles. The second-order valence-electron chi connectivity index (χ2n) is 19.2. The third-order valence-electron chi connectivity index (χ3n) is 14.4. The molecule has 0 N–H and O–H groups in total. The monoisotopic (exact) mass is 839 g/mol. The summed E-state index contributed by atoms with van der Waals surface area (Å²) in [5.41, 5.74) is 15.3. The summed E-state index contributed by atoms with van der Waals surface area (Å²) in [6.45, 7) is 12.2. The zero-order valence-electron chi connectivity index (χ0n) is 37.4. The molecule has 12 rings (SSSR count). The molecule has 0 radical (unpaired) electrons. The van der Waals surface area contributed by atoms with Crippen LogP contribution in [0.15, 0.2) is 188 Å². The lowest BCUT2D eigenvalue weighted by atomic mass is 9.57. The van der Waals surface area contributed by atoms with E-state index < -0.39 is 0 Å². The Hall–Kier alpha value is -7.63. The molecule has 5 heteroatoms. The third-order valence-corrected chi connectivity index (χ3v) is 14.4. The number of rotatable bonds is 6. The molecule has 8 aromatic carbocycles. The van der Waals surface area contributed by atoms with E-state index in [9.17, 15) is 0 Å². The molecule has 0 spiro atoms. The summed E-state index contributed by atoms with van der Waals surface area (Å²) >= 11 is 0. The molecule has 1 aliphatic carbocycles. The van der Waals surface area contributed by atoms with Crippen molar-refractivity contribution >= 4 is 43.6 Å². The number of fused-ring (bicyclic) bond motifs is 7. The molecule has 65 heavy (non-hydrogen) atoms. The Kier molecular flexibility index (Phi) is 8.83. The summed E-state index contributed by atoms with van der Waals surface area (Å²) < 4.78 is 4.88. The van der Waals surface area contributed by atoms with Crippen molar-refractivity contribution in [3.8, 4) is 56.7 Å². The third kappa shape index (κ3) is 6.24. The van der Waals surface area contributed by atoms with E-state index in [2.05, 4.69) is 195 Å². The number of hydrogen-bond donors (Lipinski definition) is 0. The fraction of sp³-hybridized carbons (Fsp3) is 0.150. The fourth-order valence-electron chi connectivity index (χ4n) is 11.0. The average Bonchev–Trinajstić information content (AvgIpc) is 3.85. The van der Waals surface area contributed by atoms with Crippen LogP contribution in [0.25, 0.3) is 100 Å². The van der Waals surface area contributed by atoms with Gasteiger partial charge in [0.15, 0.2) is 17.5 Å². The first kappa shape index (κ1) is 39.0. The minimum atomic E-state index is 0.0535. The van der Waals surface area contributed by atoms with E-state index in [0.717, 1.165) is 45.5 Å². The van der Waals surface area contributed by atoms with Gasteiger partial charge in [0.2, 0.25) is 0 Å². The number of benzene rings is 8. The maximum absolute atomic E-state index is 5.09. The lowest BCUT2D eigenvalue weighted by Gasteiger charge is -2.47. The molecule has 3 aromatic heterocycles. The highest BCUT2D eigenvalue weighted by Gasteiger charge is 2.43. The molecule has 1 aliphatic rings. The molecule has 0 aliphatic heterocycles. The number of nitrogens with zero attached hydrogens (tertiary/aromatic N) is 5. The quantitative estimate of drug-likeness (QED) is 0.168. The molecular weight excluding hydrogens is 791 g/mol. The number of hydrogen-bond acceptors (Lipinski definition) is 3. The van der Waals surface area contributed by atoms with Crippen LogP contribution in [0.2, 0.25) is 0 Å². The van der Waals surface area contributed by atoms with Crippen molar-refractivity contribution in [2.75, 3.05) is 0 Å². The highest BCUT2D eigenvalue weighted by Crippen LogP contribution is 2.52. The van der Waals surface area contributed by atoms with Crippen molar-refractivity contribution in [1.29, 1.82) is 0 Å². The topological polar surface area (TPSA) is 48.5 Å². The number of para-hydroxylation sites is 2. The van der Waals surface area contributed by atoms with Crippen LogP contribution in [0.3, 0.4) is 0 Å². The molecule has 0 bridgehead atoms. The van der Waals surface area contributed by atoms with Gasteiger partial charge >= 0.3 is 0 Å². The largest absolute Gasteiger partial charge is 0.309 e. The van der Waals surface area contributed by atoms with Crippen molar-refractivity contribution in [3.63, 3.8) is 0 Å². The molecule has 1 unspecified atom stereocenters. The predicted molar refractivity (Wildman–Crippen MR) is 270 cm³/mol. The molecule has 314 valence electrons. The van der Waals surface area contributed by atoms with Gasteiger partial charge in [-0.2, -0.15) is 0 Å². The van der Waals surface area contributed by atoms with Gasteiger partial charge in [-0.3, -0.25) is 0 Å². The molecule has 1 atom stereocenters. The minimum Gasteiger partial charge on any atom is -0.309 e. The van der Waals surface area contributed by atoms with Crippen LogP contribution in [-0.4, -0.2) is 24.1 Å². The van der Waals surface area contributed by atoms with E-state index >= 15 is 0 Å². The average molecular weight is 840 g/mol. The van der Waals surface area contributed by atoms with Crippen LogP contribution in [0.1, 0.15) is 52.2 Å². The lowest BCUT2D eigenvalue weighted by molar-refractivity contribution is 0.234. The summed E-state index contributed by atoms with van der Waals surface area (Å²) in [5.74, 6) is 2.50. The Morgan fingerprint density at radius 1 is 0.415 bits per heavy atom. The molecule has 11 aromatic rings. The van der Waals surface area contributed by atoms with E-state index in [0.29, 0.717) is 23.4 Å². The number of aromatic nitrogens is 5. The van der Waals surface area contributed by atoms with E-state index in [1.165, 1.54) is 54.8 Å². The summed E-state index contributed by atoms with van der Waals surface area (Å²) in [7, 11) is 0. The Morgan fingerprint density at radius 2 is 0.877 bits per heavy atom. The second-order valence-corrected chi connectivity index (χ2v) is 19.2. The van der Waals surface area contributed by atoms with Gasteiger partial charge in [0.25, 0.3) is 0 Å². The summed E-state index contributed by atoms with van der Waals surface area (Å²) in [4.78, 5) is 15.1. The Labute approximate surface area is 379 Å². The Morgan fingerprint density at radius 3 is 1.45 bits per heavy atom. The van der Waals surface area contributed by atoms with Crippen LogP contribution in [0.4, 0.5) is 0 Å². The highest BCUT2D eigenvalue weighted by molar-refractivity contribution is 6.19. The van der Waals surface area contributed by atoms with E-state index in [1.807, 2.05) is 36.4 Å². The van der Waals surface area contributed by atoms with Crippen molar-refractivity contribution in [1.82, 2.24) is 24.1 Å². The van der Waals surface area contributed by atoms with Gasteiger partial charge in [-0.15, -0.1) is 0 Å². The van der Waals surface area contributed by atoms with Gasteiger partial charge < -0.3 is 9.13 Å². The molecular formula is C60H49N5. The zero-order valence-corrected chi connectivity index (χ0v) is 37.4. The zero-order chi connectivity index (χ0) is 44.0. The van der Waals surface area contributed by atoms with Gasteiger partial charge in [0, 0.05) is 49.6 Å². The van der Waals surface area contributed by atoms with Gasteiger partial charge in [0.1, 0.15) is 0 Å². The minimum absolute atomic E-state index is 0.0535. The van der Waals surface area contributed by atoms with E-state index in [1.54, 1.807) is 0 Å². The molecule has 0 saturated heterocycles. The molecule has 5 nitrogen and oxygen atoms in total. The van der Waals surface area contributed by atoms with Crippen LogP contribution < -0.4 is 0 Å². The van der Waals surface area contributed by atoms with Gasteiger partial charge in [-0.25, -0.2) is 15.0 Å². The molecule has 0 saturated carbocycles. The van der Waals surface area contributed by atoms with Gasteiger partial charge in [-0.1, -0.05) is 174 Å². The first-order chi connectivity index (χ1) is 31.6. The van der Waals surface area contributed by atoms with Crippen LogP contribution in [-0.2, 0) is 10.8 Å². The molecule has 0 amide bonds. The van der Waals surface area contributed by atoms with Crippen molar-refractivity contribution in [3.05, 3.63) is 199 Å². The van der Waals surface area contributed by atoms with Gasteiger partial charge in [-0.05, 0) is 94.0 Å². The van der Waals surface area contributed by atoms with E-state index in [4.69, 9.17) is 15.0 Å². The predicted octanol–water partition coefficient (Wildman–Crippen LogP) is 15.3. The maximum Gasteiger partial charge on any atom is 0.164 e. The molecule has 0 fully saturated rings. The van der Waals surface area contributed by atoms with Gasteiger partial charge in [0.05, 0.1) is 22.1 Å². The van der Waals surface area contributed by atoms with Crippen LogP contribution >= 0.6 is 0 Å². The van der Waals surface area contributed by atoms with Crippen molar-refractivity contribution < 1.29 is 0 Å². The maximum atomic E-state index is 5.09. The van der Waals surface area contributed by atoms with Crippen LogP contribution in [0, 0.1) is 5.92 Å². The first-order valence-corrected chi connectivity index (χ1v) is 22.8. The van der Waals surface area contributed by atoms with E-state index in [-0.39, 0.29) is 10.8 Å².